The van der Waals surface area contributed by atoms with Crippen LogP contribution in [-0.2, 0) is 11.2 Å². The lowest BCUT2D eigenvalue weighted by atomic mass is 9.97. The third kappa shape index (κ3) is 5.28. The molecule has 0 saturated carbocycles. The number of aromatic nitrogens is 3. The normalized spacial score (nSPS) is 18.0. The van der Waals surface area contributed by atoms with Gasteiger partial charge in [0.1, 0.15) is 34.2 Å². The molecule has 0 fully saturated rings. The molecule has 4 rings (SSSR count). The van der Waals surface area contributed by atoms with Gasteiger partial charge in [-0.3, -0.25) is 0 Å². The molecule has 2 aromatic heterocycles. The number of halogens is 1. The first kappa shape index (κ1) is 24.2. The van der Waals surface area contributed by atoms with E-state index in [-0.39, 0.29) is 17.8 Å². The number of rotatable bonds is 6. The van der Waals surface area contributed by atoms with E-state index in [2.05, 4.69) is 20.7 Å². The summed E-state index contributed by atoms with van der Waals surface area (Å²) < 4.78 is 27.4. The van der Waals surface area contributed by atoms with Gasteiger partial charge in [-0.2, -0.15) is 5.10 Å². The molecule has 1 aromatic carbocycles. The van der Waals surface area contributed by atoms with Gasteiger partial charge in [0.2, 0.25) is 0 Å². The van der Waals surface area contributed by atoms with E-state index in [0.29, 0.717) is 29.1 Å². The number of hydrogen-bond donors (Lipinski definition) is 3. The van der Waals surface area contributed by atoms with E-state index in [1.165, 1.54) is 22.8 Å². The van der Waals surface area contributed by atoms with Crippen LogP contribution in [0.3, 0.4) is 0 Å². The molecule has 0 bridgehead atoms. The Labute approximate surface area is 201 Å². The number of carbonyl (C=O) groups is 2. The van der Waals surface area contributed by atoms with Crippen LogP contribution in [0.4, 0.5) is 15.0 Å². The van der Waals surface area contributed by atoms with Gasteiger partial charge in [-0.25, -0.2) is 23.5 Å². The van der Waals surface area contributed by atoms with E-state index in [0.717, 1.165) is 0 Å². The number of fused-ring (bicyclic) bond motifs is 2. The molecule has 1 aliphatic rings. The number of hydrogen-bond acceptors (Lipinski definition) is 7. The van der Waals surface area contributed by atoms with Gasteiger partial charge in [0, 0.05) is 23.7 Å². The molecular weight excluding hydrogens is 457 g/mol. The molecule has 2 atom stereocenters. The van der Waals surface area contributed by atoms with Crippen LogP contribution in [0.5, 0.6) is 5.75 Å². The Morgan fingerprint density at radius 3 is 2.80 bits per heavy atom. The van der Waals surface area contributed by atoms with Crippen molar-refractivity contribution in [2.24, 2.45) is 0 Å². The first-order valence-corrected chi connectivity index (χ1v) is 11.2. The second kappa shape index (κ2) is 8.71. The molecule has 0 aliphatic carbocycles. The number of anilines is 1. The van der Waals surface area contributed by atoms with E-state index in [9.17, 15) is 19.1 Å². The summed E-state index contributed by atoms with van der Waals surface area (Å²) in [5.41, 5.74) is 0.0261. The molecule has 35 heavy (non-hydrogen) atoms. The van der Waals surface area contributed by atoms with Crippen LogP contribution in [0, 0.1) is 5.82 Å². The summed E-state index contributed by atoms with van der Waals surface area (Å²) in [5.74, 6) is -0.601. The third-order valence-electron chi connectivity index (χ3n) is 5.51. The van der Waals surface area contributed by atoms with E-state index in [1.807, 2.05) is 13.8 Å². The lowest BCUT2D eigenvalue weighted by molar-refractivity contribution is 0.0447. The molecule has 1 aliphatic heterocycles. The zero-order valence-corrected chi connectivity index (χ0v) is 20.2. The number of carboxylic acids is 1. The summed E-state index contributed by atoms with van der Waals surface area (Å²) in [7, 11) is 0. The van der Waals surface area contributed by atoms with Crippen LogP contribution in [0.15, 0.2) is 30.6 Å². The lowest BCUT2D eigenvalue weighted by Crippen LogP contribution is -2.45. The predicted octanol–water partition coefficient (Wildman–Crippen LogP) is 3.96. The summed E-state index contributed by atoms with van der Waals surface area (Å²) in [6.07, 6.45) is 2.67. The highest BCUT2D eigenvalue weighted by molar-refractivity contribution is 5.94. The molecule has 3 heterocycles. The molecule has 10 nitrogen and oxygen atoms in total. The van der Waals surface area contributed by atoms with Crippen molar-refractivity contribution in [2.75, 3.05) is 11.9 Å². The van der Waals surface area contributed by atoms with Gasteiger partial charge >= 0.3 is 12.1 Å². The molecule has 3 N–H and O–H groups in total. The monoisotopic (exact) mass is 485 g/mol. The summed E-state index contributed by atoms with van der Waals surface area (Å²) in [6.45, 7) is 9.18. The van der Waals surface area contributed by atoms with Gasteiger partial charge in [-0.1, -0.05) is 0 Å². The fourth-order valence-corrected chi connectivity index (χ4v) is 4.01. The maximum absolute atomic E-state index is 14.5. The lowest BCUT2D eigenvalue weighted by Gasteiger charge is -2.27. The molecular formula is C24H28FN5O5. The van der Waals surface area contributed by atoms with Crippen LogP contribution < -0.4 is 15.4 Å². The van der Waals surface area contributed by atoms with Crippen LogP contribution in [-0.4, -0.2) is 49.5 Å². The molecule has 0 spiro atoms. The number of nitrogens with one attached hydrogen (secondary N) is 2. The first-order valence-electron chi connectivity index (χ1n) is 11.2. The van der Waals surface area contributed by atoms with Crippen molar-refractivity contribution in [1.29, 1.82) is 0 Å². The van der Waals surface area contributed by atoms with Crippen molar-refractivity contribution in [2.45, 2.75) is 58.3 Å². The highest BCUT2D eigenvalue weighted by Gasteiger charge is 2.38. The Morgan fingerprint density at radius 2 is 2.11 bits per heavy atom. The summed E-state index contributed by atoms with van der Waals surface area (Å²) in [4.78, 5) is 27.9. The highest BCUT2D eigenvalue weighted by Crippen LogP contribution is 2.41. The van der Waals surface area contributed by atoms with Gasteiger partial charge in [0.25, 0.3) is 0 Å². The number of benzene rings is 1. The summed E-state index contributed by atoms with van der Waals surface area (Å²) in [6, 6.07) is 4.05. The fraction of sp³-hybridized carbons (Fsp3) is 0.417. The molecule has 0 radical (unpaired) electrons. The van der Waals surface area contributed by atoms with Crippen molar-refractivity contribution >= 4 is 23.5 Å². The van der Waals surface area contributed by atoms with Crippen molar-refractivity contribution < 1.29 is 28.6 Å². The number of alkyl carbamates (subject to hydrolysis) is 1. The number of nitrogens with zero attached hydrogens (tertiary/aromatic N) is 3. The van der Waals surface area contributed by atoms with Crippen LogP contribution >= 0.6 is 0 Å². The quantitative estimate of drug-likeness (QED) is 0.479. The summed E-state index contributed by atoms with van der Waals surface area (Å²) in [5, 5.41) is 19.2. The maximum Gasteiger partial charge on any atom is 0.407 e. The Balaban J connectivity index is 1.53. The van der Waals surface area contributed by atoms with Gasteiger partial charge in [-0.05, 0) is 52.8 Å². The molecule has 11 heteroatoms. The van der Waals surface area contributed by atoms with Gasteiger partial charge in [-0.15, -0.1) is 0 Å². The number of amides is 1. The van der Waals surface area contributed by atoms with Gasteiger partial charge < -0.3 is 25.2 Å². The van der Waals surface area contributed by atoms with E-state index in [4.69, 9.17) is 9.47 Å². The zero-order chi connectivity index (χ0) is 25.5. The number of carboxylic acid groups (broad SMARTS) is 1. The van der Waals surface area contributed by atoms with Crippen LogP contribution in [0.25, 0.3) is 5.65 Å². The second-order valence-electron chi connectivity index (χ2n) is 9.88. The Bertz CT molecular complexity index is 1300. The number of carbonyl (C=O) groups excluding carboxylic acids is 1. The average molecular weight is 486 g/mol. The number of ether oxygens (including phenoxy) is 2. The SMILES string of the molecule is CC(Nc1ccn2ncc(C(=O)O)c2n1)c1cc(F)cc2c1OC(C)(CNC(=O)OC(C)(C)C)C2. The first-order chi connectivity index (χ1) is 16.3. The van der Waals surface area contributed by atoms with Crippen molar-refractivity contribution in [3.8, 4) is 5.75 Å². The van der Waals surface area contributed by atoms with E-state index in [1.54, 1.807) is 33.0 Å². The van der Waals surface area contributed by atoms with Crippen molar-refractivity contribution in [1.82, 2.24) is 19.9 Å². The van der Waals surface area contributed by atoms with Gasteiger partial charge in [0.15, 0.2) is 5.65 Å². The molecule has 1 amide bonds. The largest absolute Gasteiger partial charge is 0.485 e. The third-order valence-corrected chi connectivity index (χ3v) is 5.51. The Morgan fingerprint density at radius 1 is 1.37 bits per heavy atom. The zero-order valence-electron chi connectivity index (χ0n) is 20.2. The van der Waals surface area contributed by atoms with Gasteiger partial charge in [0.05, 0.1) is 18.8 Å². The highest BCUT2D eigenvalue weighted by atomic mass is 19.1. The average Bonchev–Trinajstić information content (AvgIpc) is 3.31. The van der Waals surface area contributed by atoms with E-state index < -0.39 is 35.1 Å². The van der Waals surface area contributed by atoms with E-state index >= 15 is 0 Å². The Hall–Kier alpha value is -3.89. The maximum atomic E-state index is 14.5. The fourth-order valence-electron chi connectivity index (χ4n) is 4.01. The topological polar surface area (TPSA) is 127 Å². The van der Waals surface area contributed by atoms with Crippen LogP contribution in [0.1, 0.15) is 62.1 Å². The smallest absolute Gasteiger partial charge is 0.407 e. The van der Waals surface area contributed by atoms with Crippen molar-refractivity contribution in [3.05, 3.63) is 53.1 Å². The Kier molecular flexibility index (Phi) is 6.04. The molecule has 0 saturated heterocycles. The molecule has 186 valence electrons. The molecule has 2 unspecified atom stereocenters. The molecule has 3 aromatic rings. The minimum Gasteiger partial charge on any atom is -0.485 e. The second-order valence-corrected chi connectivity index (χ2v) is 9.88. The predicted molar refractivity (Wildman–Crippen MR) is 125 cm³/mol. The summed E-state index contributed by atoms with van der Waals surface area (Å²) >= 11 is 0. The minimum atomic E-state index is -1.13. The van der Waals surface area contributed by atoms with Crippen molar-refractivity contribution in [3.63, 3.8) is 0 Å². The number of aromatic carboxylic acids is 1. The van der Waals surface area contributed by atoms with Crippen LogP contribution in [0.2, 0.25) is 0 Å². The minimum absolute atomic E-state index is 0.0236. The standard InChI is InChI=1S/C24H28FN5O5/c1-13(28-18-6-7-30-20(29-18)17(11-27-30)21(31)32)16-9-15(25)8-14-10-24(5,34-19(14)16)12-26-22(33)35-23(2,3)4/h6-9,11,13H,10,12H2,1-5H3,(H,26,33)(H,28,29)(H,31,32).